The van der Waals surface area contributed by atoms with Crippen molar-refractivity contribution in [2.24, 2.45) is 4.99 Å². The zero-order valence-electron chi connectivity index (χ0n) is 17.1. The Morgan fingerprint density at radius 2 is 1.80 bits per heavy atom. The molecular weight excluding hydrogens is 390 g/mol. The van der Waals surface area contributed by atoms with Crippen LogP contribution < -0.4 is 29.6 Å². The van der Waals surface area contributed by atoms with E-state index >= 15 is 0 Å². The molecule has 1 atom stereocenters. The zero-order valence-corrected chi connectivity index (χ0v) is 17.1. The fraction of sp³-hybridized carbons (Fsp3) is 0.286. The molecule has 0 radical (unpaired) electrons. The lowest BCUT2D eigenvalue weighted by molar-refractivity contribution is -0.120. The first-order chi connectivity index (χ1) is 14.5. The number of guanidine groups is 1. The van der Waals surface area contributed by atoms with Gasteiger partial charge >= 0.3 is 0 Å². The summed E-state index contributed by atoms with van der Waals surface area (Å²) in [5.74, 6) is 1.21. The number of hydrogen-bond acceptors (Lipinski definition) is 7. The molecule has 0 saturated carbocycles. The van der Waals surface area contributed by atoms with Crippen molar-refractivity contribution in [3.63, 3.8) is 0 Å². The summed E-state index contributed by atoms with van der Waals surface area (Å²) in [6.07, 6.45) is 0.0877. The van der Waals surface area contributed by atoms with E-state index < -0.39 is 11.9 Å². The minimum Gasteiger partial charge on any atom is -0.497 e. The molecule has 9 nitrogen and oxygen atoms in total. The molecular formula is C21H23N3O6. The van der Waals surface area contributed by atoms with Crippen molar-refractivity contribution in [2.75, 3.05) is 28.4 Å². The van der Waals surface area contributed by atoms with Gasteiger partial charge in [-0.25, -0.2) is 4.99 Å². The van der Waals surface area contributed by atoms with E-state index in [9.17, 15) is 9.59 Å². The van der Waals surface area contributed by atoms with Gasteiger partial charge in [-0.2, -0.15) is 0 Å². The molecule has 30 heavy (non-hydrogen) atoms. The van der Waals surface area contributed by atoms with Crippen molar-refractivity contribution in [3.05, 3.63) is 47.5 Å². The van der Waals surface area contributed by atoms with Gasteiger partial charge < -0.3 is 18.9 Å². The molecule has 0 spiro atoms. The Morgan fingerprint density at radius 1 is 1.03 bits per heavy atom. The Bertz CT molecular complexity index is 989. The van der Waals surface area contributed by atoms with Crippen molar-refractivity contribution >= 4 is 17.8 Å². The number of rotatable bonds is 6. The molecule has 1 heterocycles. The van der Waals surface area contributed by atoms with Crippen molar-refractivity contribution in [1.82, 2.24) is 10.6 Å². The molecule has 0 bridgehead atoms. The Labute approximate surface area is 174 Å². The highest BCUT2D eigenvalue weighted by Gasteiger charge is 2.28. The first-order valence-electron chi connectivity index (χ1n) is 9.12. The van der Waals surface area contributed by atoms with Gasteiger partial charge in [0.1, 0.15) is 5.75 Å². The van der Waals surface area contributed by atoms with Crippen molar-refractivity contribution < 1.29 is 28.5 Å². The summed E-state index contributed by atoms with van der Waals surface area (Å²) in [7, 11) is 6.04. The molecule has 0 saturated heterocycles. The normalized spacial score (nSPS) is 15.5. The summed E-state index contributed by atoms with van der Waals surface area (Å²) in [6, 6.07) is 9.56. The fourth-order valence-electron chi connectivity index (χ4n) is 3.17. The van der Waals surface area contributed by atoms with Crippen LogP contribution in [0.15, 0.2) is 41.4 Å². The summed E-state index contributed by atoms with van der Waals surface area (Å²) in [5, 5.41) is 5.22. The summed E-state index contributed by atoms with van der Waals surface area (Å²) >= 11 is 0. The number of amides is 2. The fourth-order valence-corrected chi connectivity index (χ4v) is 3.17. The van der Waals surface area contributed by atoms with Crippen LogP contribution in [0.2, 0.25) is 0 Å². The average Bonchev–Trinajstić information content (AvgIpc) is 2.77. The summed E-state index contributed by atoms with van der Waals surface area (Å²) < 4.78 is 21.3. The van der Waals surface area contributed by atoms with E-state index in [1.165, 1.54) is 28.4 Å². The molecule has 2 amide bonds. The second kappa shape index (κ2) is 9.17. The van der Waals surface area contributed by atoms with E-state index in [0.717, 1.165) is 0 Å². The first kappa shape index (κ1) is 21.0. The molecule has 0 aliphatic carbocycles. The lowest BCUT2D eigenvalue weighted by Gasteiger charge is -2.24. The van der Waals surface area contributed by atoms with Gasteiger partial charge in [0.05, 0.1) is 40.9 Å². The predicted octanol–water partition coefficient (Wildman–Crippen LogP) is 2.07. The van der Waals surface area contributed by atoms with Crippen molar-refractivity contribution in [2.45, 2.75) is 12.5 Å². The topological polar surface area (TPSA) is 107 Å². The van der Waals surface area contributed by atoms with Crippen LogP contribution in [-0.4, -0.2) is 46.2 Å². The van der Waals surface area contributed by atoms with Crippen LogP contribution in [0.3, 0.4) is 0 Å². The molecule has 1 aliphatic rings. The van der Waals surface area contributed by atoms with Gasteiger partial charge in [0.25, 0.3) is 5.91 Å². The monoisotopic (exact) mass is 413 g/mol. The van der Waals surface area contributed by atoms with Crippen LogP contribution in [0.25, 0.3) is 0 Å². The second-order valence-electron chi connectivity index (χ2n) is 6.36. The van der Waals surface area contributed by atoms with Crippen molar-refractivity contribution in [3.8, 4) is 23.0 Å². The first-order valence-corrected chi connectivity index (χ1v) is 9.12. The maximum atomic E-state index is 12.6. The number of nitrogens with one attached hydrogen (secondary N) is 2. The highest BCUT2D eigenvalue weighted by molar-refractivity contribution is 6.10. The Kier molecular flexibility index (Phi) is 6.41. The number of carbonyl (C=O) groups excluding carboxylic acids is 2. The minimum atomic E-state index is -0.575. The number of hydrogen-bond donors (Lipinski definition) is 2. The second-order valence-corrected chi connectivity index (χ2v) is 6.36. The van der Waals surface area contributed by atoms with E-state index in [4.69, 9.17) is 18.9 Å². The molecule has 3 rings (SSSR count). The Hall–Kier alpha value is -3.75. The molecule has 9 heteroatoms. The molecule has 0 unspecified atom stereocenters. The molecule has 2 aromatic rings. The molecule has 2 N–H and O–H groups in total. The predicted molar refractivity (Wildman–Crippen MR) is 109 cm³/mol. The van der Waals surface area contributed by atoms with Gasteiger partial charge in [-0.1, -0.05) is 6.07 Å². The molecule has 158 valence electrons. The van der Waals surface area contributed by atoms with Crippen LogP contribution in [0, 0.1) is 0 Å². The Morgan fingerprint density at radius 3 is 2.47 bits per heavy atom. The summed E-state index contributed by atoms with van der Waals surface area (Å²) in [6.45, 7) is 0. The molecule has 1 aliphatic heterocycles. The number of nitrogens with zero attached hydrogens (tertiary/aromatic N) is 1. The standard InChI is InChI=1S/C21H23N3O6/c1-27-13-7-5-6-12(10-13)20(26)24-21-22-15(11-17(25)23-21)14-8-9-16(28-2)19(30-4)18(14)29-3/h5-10,15H,11H2,1-4H3,(H2,22,23,24,25,26)/t15-/m0/s1. The SMILES string of the molecule is COc1cccc(C(=O)NC2=N[C@H](c3ccc(OC)c(OC)c3OC)CC(=O)N2)c1. The largest absolute Gasteiger partial charge is 0.497 e. The smallest absolute Gasteiger partial charge is 0.258 e. The highest BCUT2D eigenvalue weighted by atomic mass is 16.5. The maximum absolute atomic E-state index is 12.6. The third-order valence-corrected chi connectivity index (χ3v) is 4.58. The van der Waals surface area contributed by atoms with Crippen molar-refractivity contribution in [1.29, 1.82) is 0 Å². The maximum Gasteiger partial charge on any atom is 0.258 e. The van der Waals surface area contributed by atoms with E-state index in [0.29, 0.717) is 34.1 Å². The van der Waals surface area contributed by atoms with Gasteiger partial charge in [-0.3, -0.25) is 20.2 Å². The zero-order chi connectivity index (χ0) is 21.7. The lowest BCUT2D eigenvalue weighted by atomic mass is 10.0. The minimum absolute atomic E-state index is 0.0564. The lowest BCUT2D eigenvalue weighted by Crippen LogP contribution is -2.47. The summed E-state index contributed by atoms with van der Waals surface area (Å²) in [5.41, 5.74) is 1.01. The quantitative estimate of drug-likeness (QED) is 0.751. The number of benzene rings is 2. The number of aliphatic imine (C=N–C) groups is 1. The van der Waals surface area contributed by atoms with Gasteiger partial charge in [-0.05, 0) is 30.3 Å². The molecule has 0 fully saturated rings. The molecule has 0 aromatic heterocycles. The van der Waals surface area contributed by atoms with Crippen LogP contribution in [-0.2, 0) is 4.79 Å². The van der Waals surface area contributed by atoms with E-state index in [1.807, 2.05) is 0 Å². The van der Waals surface area contributed by atoms with Crippen LogP contribution in [0.4, 0.5) is 0 Å². The van der Waals surface area contributed by atoms with E-state index in [2.05, 4.69) is 15.6 Å². The Balaban J connectivity index is 1.91. The summed E-state index contributed by atoms with van der Waals surface area (Å²) in [4.78, 5) is 29.4. The third-order valence-electron chi connectivity index (χ3n) is 4.58. The van der Waals surface area contributed by atoms with E-state index in [1.54, 1.807) is 36.4 Å². The highest BCUT2D eigenvalue weighted by Crippen LogP contribution is 2.44. The van der Waals surface area contributed by atoms with Crippen LogP contribution in [0.5, 0.6) is 23.0 Å². The third kappa shape index (κ3) is 4.29. The van der Waals surface area contributed by atoms with Gasteiger partial charge in [0.2, 0.25) is 17.6 Å². The van der Waals surface area contributed by atoms with Crippen LogP contribution >= 0.6 is 0 Å². The van der Waals surface area contributed by atoms with E-state index in [-0.39, 0.29) is 18.3 Å². The molecule has 2 aromatic carbocycles. The van der Waals surface area contributed by atoms with Crippen LogP contribution in [0.1, 0.15) is 28.4 Å². The van der Waals surface area contributed by atoms with Gasteiger partial charge in [0.15, 0.2) is 11.5 Å². The van der Waals surface area contributed by atoms with Gasteiger partial charge in [-0.15, -0.1) is 0 Å². The number of carbonyl (C=O) groups is 2. The number of ether oxygens (including phenoxy) is 4. The van der Waals surface area contributed by atoms with Gasteiger partial charge in [0, 0.05) is 11.1 Å². The average molecular weight is 413 g/mol. The number of methoxy groups -OCH3 is 4.